The third-order valence-corrected chi connectivity index (χ3v) is 7.51. The summed E-state index contributed by atoms with van der Waals surface area (Å²) in [7, 11) is 1.73. The molecule has 11 heteroatoms. The van der Waals surface area contributed by atoms with Crippen LogP contribution in [0.5, 0.6) is 0 Å². The van der Waals surface area contributed by atoms with Crippen LogP contribution in [0.3, 0.4) is 0 Å². The summed E-state index contributed by atoms with van der Waals surface area (Å²) in [6.45, 7) is 0. The number of carbonyl (C=O) groups is 2. The number of hydrogen-bond donors (Lipinski definition) is 1. The topological polar surface area (TPSA) is 87.8 Å². The molecule has 0 radical (unpaired) electrons. The number of nitrogens with zero attached hydrogens (tertiary/aromatic N) is 1. The molecule has 5 rings (SSSR count). The Kier molecular flexibility index (Phi) is 7.74. The molecule has 3 aromatic carbocycles. The molecule has 0 spiro atoms. The van der Waals surface area contributed by atoms with E-state index in [2.05, 4.69) is 0 Å². The summed E-state index contributed by atoms with van der Waals surface area (Å²) in [4.78, 5) is 37.4. The fraction of sp³-hybridized carbons (Fsp3) is 0.129. The lowest BCUT2D eigenvalue weighted by atomic mass is 9.90. The molecule has 0 atom stereocenters. The number of carboxylic acid groups (broad SMARTS) is 1. The molecular formula is C31H20Cl2F3NO5. The number of ketones is 1. The molecule has 1 heterocycles. The van der Waals surface area contributed by atoms with Crippen molar-refractivity contribution in [1.29, 1.82) is 0 Å². The Morgan fingerprint density at radius 3 is 2.29 bits per heavy atom. The molecule has 0 bridgehead atoms. The van der Waals surface area contributed by atoms with Crippen molar-refractivity contribution in [2.45, 2.75) is 19.0 Å². The van der Waals surface area contributed by atoms with Gasteiger partial charge in [0.25, 0.3) is 0 Å². The van der Waals surface area contributed by atoms with Crippen LogP contribution in [0.2, 0.25) is 10.0 Å². The number of hydrogen-bond acceptors (Lipinski definition) is 5. The Balaban J connectivity index is 1.61. The van der Waals surface area contributed by atoms with E-state index in [4.69, 9.17) is 27.6 Å². The van der Waals surface area contributed by atoms with Crippen molar-refractivity contribution in [2.75, 3.05) is 11.9 Å². The molecule has 42 heavy (non-hydrogen) atoms. The fourth-order valence-corrected chi connectivity index (χ4v) is 5.21. The highest BCUT2D eigenvalue weighted by molar-refractivity contribution is 6.34. The molecule has 0 aromatic heterocycles. The SMILES string of the molecule is CN(c1ccc(CCC(=O)C(F)(F)F)cc1)c1cc2oc3cc(=O)c(Cl)cc-3c(-c3ccccc3C(=O)O)c2cc1Cl. The summed E-state index contributed by atoms with van der Waals surface area (Å²) in [6.07, 6.45) is -5.56. The second-order valence-electron chi connectivity index (χ2n) is 9.55. The van der Waals surface area contributed by atoms with E-state index < -0.39 is 29.8 Å². The van der Waals surface area contributed by atoms with Gasteiger partial charge in [-0.15, -0.1) is 0 Å². The van der Waals surface area contributed by atoms with Crippen LogP contribution >= 0.6 is 23.2 Å². The summed E-state index contributed by atoms with van der Waals surface area (Å²) in [6, 6.07) is 19.0. The van der Waals surface area contributed by atoms with Crippen LogP contribution in [-0.4, -0.2) is 30.1 Å². The van der Waals surface area contributed by atoms with Crippen molar-refractivity contribution in [3.05, 3.63) is 104 Å². The first kappa shape index (κ1) is 29.2. The van der Waals surface area contributed by atoms with Crippen molar-refractivity contribution < 1.29 is 32.3 Å². The number of aromatic carboxylic acids is 1. The predicted molar refractivity (Wildman–Crippen MR) is 155 cm³/mol. The van der Waals surface area contributed by atoms with Gasteiger partial charge >= 0.3 is 12.1 Å². The third kappa shape index (κ3) is 5.57. The smallest absolute Gasteiger partial charge is 0.449 e. The van der Waals surface area contributed by atoms with Crippen LogP contribution < -0.4 is 10.3 Å². The van der Waals surface area contributed by atoms with Gasteiger partial charge in [-0.05, 0) is 47.9 Å². The van der Waals surface area contributed by atoms with E-state index in [0.29, 0.717) is 49.6 Å². The maximum Gasteiger partial charge on any atom is 0.449 e. The summed E-state index contributed by atoms with van der Waals surface area (Å²) >= 11 is 12.9. The molecule has 3 aromatic rings. The van der Waals surface area contributed by atoms with Gasteiger partial charge in [-0.2, -0.15) is 13.2 Å². The van der Waals surface area contributed by atoms with Gasteiger partial charge in [-0.3, -0.25) is 9.59 Å². The molecule has 1 N–H and O–H groups in total. The van der Waals surface area contributed by atoms with Crippen LogP contribution in [0.1, 0.15) is 22.3 Å². The molecule has 0 fully saturated rings. The normalized spacial score (nSPS) is 11.7. The number of rotatable bonds is 7. The number of aryl methyl sites for hydroxylation is 1. The zero-order valence-corrected chi connectivity index (χ0v) is 23.3. The second kappa shape index (κ2) is 11.2. The number of carbonyl (C=O) groups excluding carboxylic acids is 1. The summed E-state index contributed by atoms with van der Waals surface area (Å²) in [5, 5.41) is 10.6. The van der Waals surface area contributed by atoms with E-state index in [1.807, 2.05) is 0 Å². The van der Waals surface area contributed by atoms with Gasteiger partial charge in [0.1, 0.15) is 11.3 Å². The number of alkyl halides is 3. The average Bonchev–Trinajstić information content (AvgIpc) is 2.95. The van der Waals surface area contributed by atoms with Crippen LogP contribution in [0, 0.1) is 0 Å². The number of Topliss-reactive ketones (excluding diaryl/α,β-unsaturated/α-hetero) is 1. The number of fused-ring (bicyclic) bond motifs is 2. The van der Waals surface area contributed by atoms with Gasteiger partial charge in [0, 0.05) is 47.8 Å². The minimum absolute atomic E-state index is 0.0305. The summed E-state index contributed by atoms with van der Waals surface area (Å²) in [5.74, 6) is -2.73. The minimum Gasteiger partial charge on any atom is -0.478 e. The summed E-state index contributed by atoms with van der Waals surface area (Å²) in [5.41, 5.74) is 2.86. The quantitative estimate of drug-likeness (QED) is 0.185. The van der Waals surface area contributed by atoms with Crippen molar-refractivity contribution in [1.82, 2.24) is 0 Å². The third-order valence-electron chi connectivity index (χ3n) is 6.91. The Morgan fingerprint density at radius 2 is 1.62 bits per heavy atom. The molecule has 1 aliphatic carbocycles. The molecule has 1 aliphatic heterocycles. The Morgan fingerprint density at radius 1 is 0.929 bits per heavy atom. The lowest BCUT2D eigenvalue weighted by Crippen LogP contribution is -2.22. The molecule has 214 valence electrons. The highest BCUT2D eigenvalue weighted by Gasteiger charge is 2.37. The lowest BCUT2D eigenvalue weighted by molar-refractivity contribution is -0.171. The standard InChI is InChI=1S/C31H20Cl2F3NO5/c1-37(17-9-6-16(7-10-17)8-11-28(39)31(34,35)36)24-14-26-20(12-22(24)32)29(18-4-2-3-5-19(18)30(40)41)21-13-23(33)25(38)15-27(21)42-26/h2-7,9-10,12-15H,8,11H2,1H3,(H,40,41). The van der Waals surface area contributed by atoms with Gasteiger partial charge in [0.2, 0.25) is 11.2 Å². The van der Waals surface area contributed by atoms with Gasteiger partial charge in [-0.1, -0.05) is 53.5 Å². The fourth-order valence-electron chi connectivity index (χ4n) is 4.76. The molecule has 6 nitrogen and oxygen atoms in total. The molecule has 0 amide bonds. The van der Waals surface area contributed by atoms with E-state index in [9.17, 15) is 32.7 Å². The van der Waals surface area contributed by atoms with E-state index >= 15 is 0 Å². The number of halogens is 5. The molecule has 0 unspecified atom stereocenters. The van der Waals surface area contributed by atoms with Crippen molar-refractivity contribution in [2.24, 2.45) is 0 Å². The molecule has 2 aliphatic rings. The average molecular weight is 614 g/mol. The number of carboxylic acids is 1. The van der Waals surface area contributed by atoms with Gasteiger partial charge in [0.15, 0.2) is 0 Å². The molecular weight excluding hydrogens is 594 g/mol. The van der Waals surface area contributed by atoms with Crippen LogP contribution in [0.25, 0.3) is 33.4 Å². The van der Waals surface area contributed by atoms with Gasteiger partial charge in [-0.25, -0.2) is 4.79 Å². The van der Waals surface area contributed by atoms with E-state index in [-0.39, 0.29) is 22.8 Å². The first-order valence-electron chi connectivity index (χ1n) is 12.5. The van der Waals surface area contributed by atoms with Crippen molar-refractivity contribution in [3.8, 4) is 22.5 Å². The predicted octanol–water partition coefficient (Wildman–Crippen LogP) is 8.40. The largest absolute Gasteiger partial charge is 0.478 e. The highest BCUT2D eigenvalue weighted by atomic mass is 35.5. The molecule has 0 saturated heterocycles. The van der Waals surface area contributed by atoms with Crippen LogP contribution in [0.15, 0.2) is 82.0 Å². The van der Waals surface area contributed by atoms with Crippen molar-refractivity contribution in [3.63, 3.8) is 0 Å². The van der Waals surface area contributed by atoms with Gasteiger partial charge in [0.05, 0.1) is 21.3 Å². The summed E-state index contributed by atoms with van der Waals surface area (Å²) < 4.78 is 43.7. The Hall–Kier alpha value is -4.34. The minimum atomic E-state index is -4.86. The Bertz CT molecular complexity index is 1880. The zero-order valence-electron chi connectivity index (χ0n) is 21.8. The van der Waals surface area contributed by atoms with Crippen LogP contribution in [0.4, 0.5) is 24.5 Å². The van der Waals surface area contributed by atoms with E-state index in [1.54, 1.807) is 66.5 Å². The Labute approximate surface area is 246 Å². The lowest BCUT2D eigenvalue weighted by Gasteiger charge is -2.23. The maximum atomic E-state index is 12.5. The maximum absolute atomic E-state index is 12.5. The monoisotopic (exact) mass is 613 g/mol. The highest BCUT2D eigenvalue weighted by Crippen LogP contribution is 2.45. The first-order valence-corrected chi connectivity index (χ1v) is 13.3. The number of benzene rings is 4. The van der Waals surface area contributed by atoms with E-state index in [0.717, 1.165) is 0 Å². The molecule has 0 saturated carbocycles. The zero-order chi connectivity index (χ0) is 30.3. The first-order chi connectivity index (χ1) is 19.8. The van der Waals surface area contributed by atoms with Gasteiger partial charge < -0.3 is 14.4 Å². The van der Waals surface area contributed by atoms with Crippen LogP contribution in [-0.2, 0) is 11.2 Å². The number of anilines is 2. The second-order valence-corrected chi connectivity index (χ2v) is 10.4. The van der Waals surface area contributed by atoms with Crippen molar-refractivity contribution >= 4 is 57.3 Å². The van der Waals surface area contributed by atoms with E-state index in [1.165, 1.54) is 18.2 Å².